The van der Waals surface area contributed by atoms with Crippen molar-refractivity contribution < 1.29 is 14.9 Å². The number of ether oxygens (including phenoxy) is 1. The van der Waals surface area contributed by atoms with E-state index in [0.29, 0.717) is 12.4 Å². The first-order chi connectivity index (χ1) is 8.30. The van der Waals surface area contributed by atoms with Crippen LogP contribution in [0.4, 0.5) is 0 Å². The highest BCUT2D eigenvalue weighted by Crippen LogP contribution is 2.13. The largest absolute Gasteiger partial charge is 0.492 e. The molecule has 1 unspecified atom stereocenters. The van der Waals surface area contributed by atoms with Gasteiger partial charge in [0.25, 0.3) is 0 Å². The van der Waals surface area contributed by atoms with Crippen molar-refractivity contribution in [2.24, 2.45) is 0 Å². The fourth-order valence-electron chi connectivity index (χ4n) is 1.46. The number of nitrogens with one attached hydrogen (secondary N) is 1. The summed E-state index contributed by atoms with van der Waals surface area (Å²) in [5.41, 5.74) is 0.824. The SMILES string of the molecule is CCCNC(CO)COc1cccc(CO)c1. The summed E-state index contributed by atoms with van der Waals surface area (Å²) in [5, 5.41) is 21.3. The van der Waals surface area contributed by atoms with Crippen molar-refractivity contribution in [3.05, 3.63) is 29.8 Å². The Kier molecular flexibility index (Phi) is 6.62. The molecule has 0 aliphatic rings. The average Bonchev–Trinajstić information content (AvgIpc) is 2.39. The molecular formula is C13H21NO3. The first kappa shape index (κ1) is 14.0. The zero-order valence-electron chi connectivity index (χ0n) is 10.2. The van der Waals surface area contributed by atoms with Crippen molar-refractivity contribution in [1.82, 2.24) is 5.32 Å². The van der Waals surface area contributed by atoms with Crippen molar-refractivity contribution in [3.8, 4) is 5.75 Å². The van der Waals surface area contributed by atoms with Crippen LogP contribution in [0.25, 0.3) is 0 Å². The lowest BCUT2D eigenvalue weighted by atomic mass is 10.2. The summed E-state index contributed by atoms with van der Waals surface area (Å²) in [6, 6.07) is 7.27. The molecule has 3 N–H and O–H groups in total. The third-order valence-corrected chi connectivity index (χ3v) is 2.44. The summed E-state index contributed by atoms with van der Waals surface area (Å²) < 4.78 is 5.56. The van der Waals surface area contributed by atoms with E-state index >= 15 is 0 Å². The summed E-state index contributed by atoms with van der Waals surface area (Å²) in [7, 11) is 0. The van der Waals surface area contributed by atoms with Gasteiger partial charge in [-0.05, 0) is 30.7 Å². The minimum absolute atomic E-state index is 0.00864. The summed E-state index contributed by atoms with van der Waals surface area (Å²) >= 11 is 0. The highest BCUT2D eigenvalue weighted by molar-refractivity contribution is 5.27. The van der Waals surface area contributed by atoms with Crippen molar-refractivity contribution in [3.63, 3.8) is 0 Å². The lowest BCUT2D eigenvalue weighted by Gasteiger charge is -2.16. The van der Waals surface area contributed by atoms with Gasteiger partial charge in [-0.25, -0.2) is 0 Å². The molecule has 4 nitrogen and oxygen atoms in total. The molecule has 0 spiro atoms. The predicted octanol–water partition coefficient (Wildman–Crippen LogP) is 0.918. The molecule has 0 amide bonds. The van der Waals surface area contributed by atoms with Crippen LogP contribution in [-0.4, -0.2) is 36.0 Å². The van der Waals surface area contributed by atoms with E-state index in [0.717, 1.165) is 18.5 Å². The molecular weight excluding hydrogens is 218 g/mol. The van der Waals surface area contributed by atoms with Gasteiger partial charge >= 0.3 is 0 Å². The Bertz CT molecular complexity index is 317. The van der Waals surface area contributed by atoms with E-state index in [2.05, 4.69) is 12.2 Å². The molecule has 1 aromatic rings. The van der Waals surface area contributed by atoms with Crippen LogP contribution in [0.1, 0.15) is 18.9 Å². The molecule has 0 aromatic heterocycles. The molecule has 0 heterocycles. The minimum atomic E-state index is -0.0484. The molecule has 0 bridgehead atoms. The zero-order chi connectivity index (χ0) is 12.5. The number of benzene rings is 1. The van der Waals surface area contributed by atoms with Gasteiger partial charge in [0.1, 0.15) is 12.4 Å². The standard InChI is InChI=1S/C13H21NO3/c1-2-6-14-12(9-16)10-17-13-5-3-4-11(7-13)8-15/h3-5,7,12,14-16H,2,6,8-10H2,1H3. The molecule has 0 aliphatic heterocycles. The third kappa shape index (κ3) is 5.17. The van der Waals surface area contributed by atoms with E-state index in [9.17, 15) is 0 Å². The summed E-state index contributed by atoms with van der Waals surface area (Å²) in [6.07, 6.45) is 1.02. The molecule has 1 atom stereocenters. The van der Waals surface area contributed by atoms with E-state index in [1.54, 1.807) is 6.07 Å². The Morgan fingerprint density at radius 3 is 2.82 bits per heavy atom. The predicted molar refractivity (Wildman–Crippen MR) is 67.0 cm³/mol. The van der Waals surface area contributed by atoms with E-state index < -0.39 is 0 Å². The highest BCUT2D eigenvalue weighted by Gasteiger charge is 2.06. The molecule has 0 saturated carbocycles. The Morgan fingerprint density at radius 2 is 2.18 bits per heavy atom. The summed E-state index contributed by atoms with van der Waals surface area (Å²) in [4.78, 5) is 0. The van der Waals surface area contributed by atoms with E-state index in [4.69, 9.17) is 14.9 Å². The quantitative estimate of drug-likeness (QED) is 0.631. The zero-order valence-corrected chi connectivity index (χ0v) is 10.2. The minimum Gasteiger partial charge on any atom is -0.492 e. The number of aliphatic hydroxyl groups excluding tert-OH is 2. The lowest BCUT2D eigenvalue weighted by Crippen LogP contribution is -2.38. The molecule has 4 heteroatoms. The normalized spacial score (nSPS) is 12.4. The van der Waals surface area contributed by atoms with Crippen molar-refractivity contribution >= 4 is 0 Å². The Balaban J connectivity index is 2.41. The Morgan fingerprint density at radius 1 is 1.35 bits per heavy atom. The van der Waals surface area contributed by atoms with Gasteiger partial charge in [-0.15, -0.1) is 0 Å². The molecule has 1 rings (SSSR count). The van der Waals surface area contributed by atoms with Gasteiger partial charge in [-0.3, -0.25) is 0 Å². The monoisotopic (exact) mass is 239 g/mol. The molecule has 0 fully saturated rings. The van der Waals surface area contributed by atoms with Gasteiger partial charge in [0, 0.05) is 0 Å². The van der Waals surface area contributed by atoms with Crippen molar-refractivity contribution in [2.45, 2.75) is 26.0 Å². The van der Waals surface area contributed by atoms with Gasteiger partial charge in [-0.2, -0.15) is 0 Å². The highest BCUT2D eigenvalue weighted by atomic mass is 16.5. The fraction of sp³-hybridized carbons (Fsp3) is 0.538. The number of hydrogen-bond acceptors (Lipinski definition) is 4. The van der Waals surface area contributed by atoms with Crippen molar-refractivity contribution in [2.75, 3.05) is 19.8 Å². The Hall–Kier alpha value is -1.10. The molecule has 96 valence electrons. The molecule has 0 saturated heterocycles. The first-order valence-corrected chi connectivity index (χ1v) is 5.97. The maximum absolute atomic E-state index is 9.15. The first-order valence-electron chi connectivity index (χ1n) is 5.97. The number of aliphatic hydroxyl groups is 2. The molecule has 0 aliphatic carbocycles. The molecule has 17 heavy (non-hydrogen) atoms. The van der Waals surface area contributed by atoms with E-state index in [-0.39, 0.29) is 19.3 Å². The second kappa shape index (κ2) is 8.06. The van der Waals surface area contributed by atoms with E-state index in [1.165, 1.54) is 0 Å². The van der Waals surface area contributed by atoms with Crippen LogP contribution in [0, 0.1) is 0 Å². The fourth-order valence-corrected chi connectivity index (χ4v) is 1.46. The average molecular weight is 239 g/mol. The maximum Gasteiger partial charge on any atom is 0.119 e. The molecule has 0 radical (unpaired) electrons. The molecule has 1 aromatic carbocycles. The third-order valence-electron chi connectivity index (χ3n) is 2.44. The van der Waals surface area contributed by atoms with Gasteiger partial charge in [0.05, 0.1) is 19.3 Å². The van der Waals surface area contributed by atoms with Gasteiger partial charge in [-0.1, -0.05) is 19.1 Å². The van der Waals surface area contributed by atoms with E-state index in [1.807, 2.05) is 18.2 Å². The van der Waals surface area contributed by atoms with Crippen LogP contribution < -0.4 is 10.1 Å². The second-order valence-electron chi connectivity index (χ2n) is 3.95. The summed E-state index contributed by atoms with van der Waals surface area (Å²) in [6.45, 7) is 3.43. The van der Waals surface area contributed by atoms with Gasteiger partial charge < -0.3 is 20.3 Å². The number of hydrogen-bond donors (Lipinski definition) is 3. The lowest BCUT2D eigenvalue weighted by molar-refractivity contribution is 0.183. The number of rotatable bonds is 8. The van der Waals surface area contributed by atoms with Crippen LogP contribution >= 0.6 is 0 Å². The van der Waals surface area contributed by atoms with Crippen molar-refractivity contribution in [1.29, 1.82) is 0 Å². The van der Waals surface area contributed by atoms with Crippen LogP contribution in [0.3, 0.4) is 0 Å². The topological polar surface area (TPSA) is 61.7 Å². The maximum atomic E-state index is 9.15. The smallest absolute Gasteiger partial charge is 0.119 e. The van der Waals surface area contributed by atoms with Crippen LogP contribution in [0.15, 0.2) is 24.3 Å². The van der Waals surface area contributed by atoms with Crippen LogP contribution in [0.2, 0.25) is 0 Å². The van der Waals surface area contributed by atoms with Crippen LogP contribution in [0.5, 0.6) is 5.75 Å². The summed E-state index contributed by atoms with van der Waals surface area (Å²) in [5.74, 6) is 0.716. The van der Waals surface area contributed by atoms with Gasteiger partial charge in [0.15, 0.2) is 0 Å². The second-order valence-corrected chi connectivity index (χ2v) is 3.95. The van der Waals surface area contributed by atoms with Gasteiger partial charge in [0.2, 0.25) is 0 Å². The Labute approximate surface area is 102 Å². The van der Waals surface area contributed by atoms with Crippen LogP contribution in [-0.2, 0) is 6.61 Å².